The Labute approximate surface area is 230 Å². The van der Waals surface area contributed by atoms with Gasteiger partial charge in [0, 0.05) is 52.0 Å². The molecule has 0 spiro atoms. The number of alkyl halides is 1. The third kappa shape index (κ3) is 4.84. The van der Waals surface area contributed by atoms with Gasteiger partial charge in [-0.3, -0.25) is 4.79 Å². The van der Waals surface area contributed by atoms with Crippen molar-refractivity contribution < 1.29 is 17.6 Å². The molecule has 0 radical (unpaired) electrons. The van der Waals surface area contributed by atoms with Gasteiger partial charge in [-0.2, -0.15) is 5.26 Å². The largest absolute Gasteiger partial charge is 0.333 e. The summed E-state index contributed by atoms with van der Waals surface area (Å²) in [7, 11) is -4.25. The van der Waals surface area contributed by atoms with Gasteiger partial charge in [-0.1, -0.05) is 24.3 Å². The Hall–Kier alpha value is -3.53. The highest BCUT2D eigenvalue weighted by Gasteiger charge is 2.53. The maximum atomic E-state index is 16.4. The van der Waals surface area contributed by atoms with Crippen molar-refractivity contribution >= 4 is 43.0 Å². The number of aromatic nitrogens is 3. The molecule has 5 rings (SSSR count). The molecule has 8 nitrogen and oxygen atoms in total. The van der Waals surface area contributed by atoms with Crippen LogP contribution >= 0.6 is 27.3 Å². The summed E-state index contributed by atoms with van der Waals surface area (Å²) >= 11 is 4.21. The highest BCUT2D eigenvalue weighted by Crippen LogP contribution is 2.40. The molecular weight excluding hydrogens is 593 g/mol. The van der Waals surface area contributed by atoms with Gasteiger partial charge in [0.05, 0.1) is 17.9 Å². The third-order valence-electron chi connectivity index (χ3n) is 6.20. The summed E-state index contributed by atoms with van der Waals surface area (Å²) in [6.07, 6.45) is 5.13. The first-order valence-corrected chi connectivity index (χ1v) is 14.7. The average Bonchev–Trinajstić information content (AvgIpc) is 3.40. The summed E-state index contributed by atoms with van der Waals surface area (Å²) in [5.74, 6) is -0.550. The molecule has 192 valence electrons. The van der Waals surface area contributed by atoms with Crippen LogP contribution in [0.5, 0.6) is 0 Å². The second-order valence-corrected chi connectivity index (χ2v) is 12.9. The Morgan fingerprint density at radius 1 is 1.16 bits per heavy atom. The van der Waals surface area contributed by atoms with Crippen LogP contribution in [-0.2, 0) is 21.3 Å². The maximum Gasteiger partial charge on any atom is 0.278 e. The molecule has 2 aromatic heterocycles. The van der Waals surface area contributed by atoms with Crippen molar-refractivity contribution in [2.75, 3.05) is 18.8 Å². The quantitative estimate of drug-likeness (QED) is 0.326. The molecule has 12 heteroatoms. The Balaban J connectivity index is 1.42. The van der Waals surface area contributed by atoms with Crippen LogP contribution in [0.15, 0.2) is 71.6 Å². The van der Waals surface area contributed by atoms with E-state index in [1.54, 1.807) is 24.5 Å². The molecule has 38 heavy (non-hydrogen) atoms. The highest BCUT2D eigenvalue weighted by molar-refractivity contribution is 9.10. The fourth-order valence-electron chi connectivity index (χ4n) is 4.20. The van der Waals surface area contributed by atoms with Gasteiger partial charge in [0.25, 0.3) is 10.9 Å². The SMILES string of the molecule is N#Cc1cc(C(=O)N2CCS(=O)(=O)[C@](F)(c3ncc(Cc4ccccc4-c4ncccn4)s3)C2)ccc1Br. The van der Waals surface area contributed by atoms with Crippen LogP contribution in [0.25, 0.3) is 11.4 Å². The number of hydrogen-bond donors (Lipinski definition) is 0. The Morgan fingerprint density at radius 2 is 1.92 bits per heavy atom. The average molecular weight is 613 g/mol. The number of hydrogen-bond acceptors (Lipinski definition) is 8. The Bertz CT molecular complexity index is 1670. The van der Waals surface area contributed by atoms with E-state index in [1.165, 1.54) is 18.3 Å². The smallest absolute Gasteiger partial charge is 0.278 e. The lowest BCUT2D eigenvalue weighted by atomic mass is 10.0. The van der Waals surface area contributed by atoms with Crippen LogP contribution in [0.3, 0.4) is 0 Å². The Kier molecular flexibility index (Phi) is 7.09. The molecule has 1 saturated heterocycles. The summed E-state index contributed by atoms with van der Waals surface area (Å²) in [5.41, 5.74) is 2.11. The van der Waals surface area contributed by atoms with Crippen LogP contribution < -0.4 is 0 Å². The molecule has 1 aliphatic heterocycles. The molecule has 0 unspecified atom stereocenters. The van der Waals surface area contributed by atoms with Crippen LogP contribution in [0.1, 0.15) is 31.4 Å². The molecule has 1 atom stereocenters. The number of rotatable bonds is 5. The first-order chi connectivity index (χ1) is 18.2. The van der Waals surface area contributed by atoms with Crippen molar-refractivity contribution in [3.05, 3.63) is 98.2 Å². The van der Waals surface area contributed by atoms with E-state index in [-0.39, 0.29) is 22.7 Å². The van der Waals surface area contributed by atoms with Gasteiger partial charge in [0.15, 0.2) is 15.7 Å². The normalized spacial score (nSPS) is 18.6. The lowest BCUT2D eigenvalue weighted by Crippen LogP contribution is -2.53. The van der Waals surface area contributed by atoms with E-state index in [9.17, 15) is 18.5 Å². The second-order valence-electron chi connectivity index (χ2n) is 8.62. The van der Waals surface area contributed by atoms with Gasteiger partial charge in [0.2, 0.25) is 0 Å². The molecule has 1 aliphatic rings. The molecule has 0 saturated carbocycles. The van der Waals surface area contributed by atoms with Gasteiger partial charge in [-0.15, -0.1) is 11.3 Å². The maximum absolute atomic E-state index is 16.4. The van der Waals surface area contributed by atoms with E-state index in [1.807, 2.05) is 30.3 Å². The first kappa shape index (κ1) is 26.1. The standard InChI is InChI=1S/C26H19BrFN5O3S2/c27-22-7-6-18(12-19(22)14-29)24(34)33-10-11-38(35,36)26(28,16-33)25-32-15-20(37-25)13-17-4-1-2-5-21(17)23-30-8-3-9-31-23/h1-9,12,15H,10-11,13,16H2/t26-/m0/s1. The summed E-state index contributed by atoms with van der Waals surface area (Å²) in [6.45, 7) is -0.846. The van der Waals surface area contributed by atoms with Crippen molar-refractivity contribution in [2.45, 2.75) is 11.4 Å². The summed E-state index contributed by atoms with van der Waals surface area (Å²) in [6, 6.07) is 15.7. The van der Waals surface area contributed by atoms with Gasteiger partial charge in [-0.25, -0.2) is 27.8 Å². The number of thiazole rings is 1. The van der Waals surface area contributed by atoms with E-state index in [0.29, 0.717) is 21.6 Å². The van der Waals surface area contributed by atoms with E-state index in [2.05, 4.69) is 30.9 Å². The summed E-state index contributed by atoms with van der Waals surface area (Å²) in [4.78, 5) is 27.7. The molecule has 0 aliphatic carbocycles. The zero-order valence-corrected chi connectivity index (χ0v) is 22.9. The topological polar surface area (TPSA) is 117 Å². The van der Waals surface area contributed by atoms with Crippen molar-refractivity contribution in [1.29, 1.82) is 5.26 Å². The van der Waals surface area contributed by atoms with Gasteiger partial charge in [-0.05, 0) is 45.8 Å². The highest BCUT2D eigenvalue weighted by atomic mass is 79.9. The zero-order chi connectivity index (χ0) is 26.9. The number of benzene rings is 2. The molecule has 0 N–H and O–H groups in total. The lowest BCUT2D eigenvalue weighted by molar-refractivity contribution is 0.0666. The second kappa shape index (κ2) is 10.3. The van der Waals surface area contributed by atoms with Crippen LogP contribution in [-0.4, -0.2) is 53.0 Å². The van der Waals surface area contributed by atoms with E-state index in [4.69, 9.17) is 0 Å². The van der Waals surface area contributed by atoms with Crippen LogP contribution in [0, 0.1) is 11.3 Å². The van der Waals surface area contributed by atoms with Gasteiger partial charge >= 0.3 is 0 Å². The molecule has 1 fully saturated rings. The molecule has 4 aromatic rings. The predicted octanol–water partition coefficient (Wildman–Crippen LogP) is 4.52. The number of halogens is 2. The van der Waals surface area contributed by atoms with Crippen molar-refractivity contribution in [3.63, 3.8) is 0 Å². The van der Waals surface area contributed by atoms with Crippen molar-refractivity contribution in [1.82, 2.24) is 19.9 Å². The van der Waals surface area contributed by atoms with Crippen molar-refractivity contribution in [2.24, 2.45) is 0 Å². The Morgan fingerprint density at radius 3 is 2.68 bits per heavy atom. The molecule has 3 heterocycles. The monoisotopic (exact) mass is 611 g/mol. The van der Waals surface area contributed by atoms with Gasteiger partial charge < -0.3 is 4.90 Å². The van der Waals surface area contributed by atoms with Crippen LogP contribution in [0.4, 0.5) is 4.39 Å². The van der Waals surface area contributed by atoms with Crippen molar-refractivity contribution in [3.8, 4) is 17.5 Å². The number of amides is 1. The lowest BCUT2D eigenvalue weighted by Gasteiger charge is -2.35. The summed E-state index contributed by atoms with van der Waals surface area (Å²) < 4.78 is 42.8. The number of carbonyl (C=O) groups excluding carboxylic acids is 1. The first-order valence-electron chi connectivity index (χ1n) is 11.4. The fraction of sp³-hybridized carbons (Fsp3) is 0.192. The summed E-state index contributed by atoms with van der Waals surface area (Å²) in [5, 5.41) is 6.20. The molecule has 0 bridgehead atoms. The minimum Gasteiger partial charge on any atom is -0.333 e. The van der Waals surface area contributed by atoms with Gasteiger partial charge in [0.1, 0.15) is 11.1 Å². The zero-order valence-electron chi connectivity index (χ0n) is 19.7. The number of nitrogens with zero attached hydrogens (tertiary/aromatic N) is 5. The molecule has 2 aromatic carbocycles. The van der Waals surface area contributed by atoms with Crippen LogP contribution in [0.2, 0.25) is 0 Å². The van der Waals surface area contributed by atoms with E-state index in [0.717, 1.165) is 27.4 Å². The fourth-order valence-corrected chi connectivity index (χ4v) is 7.40. The van der Waals surface area contributed by atoms with E-state index >= 15 is 4.39 Å². The molecule has 1 amide bonds. The number of carbonyl (C=O) groups is 1. The van der Waals surface area contributed by atoms with E-state index < -0.39 is 33.0 Å². The predicted molar refractivity (Wildman–Crippen MR) is 144 cm³/mol. The third-order valence-corrected chi connectivity index (χ3v) is 10.2. The number of nitriles is 1. The minimum absolute atomic E-state index is 0.159. The number of sulfone groups is 1. The minimum atomic E-state index is -4.25. The molecular formula is C26H19BrFN5O3S2.